The Bertz CT molecular complexity index is 1030. The molecule has 1 aromatic heterocycles. The van der Waals surface area contributed by atoms with Gasteiger partial charge in [-0.15, -0.1) is 4.80 Å². The van der Waals surface area contributed by atoms with Gasteiger partial charge < -0.3 is 10.2 Å². The number of carbonyl (C=O) groups excluding carboxylic acids is 1. The van der Waals surface area contributed by atoms with Gasteiger partial charge in [0.15, 0.2) is 5.82 Å². The lowest BCUT2D eigenvalue weighted by atomic mass is 10.1. The van der Waals surface area contributed by atoms with Crippen molar-refractivity contribution in [3.63, 3.8) is 0 Å². The topological polar surface area (TPSA) is 75.4 Å². The molecule has 2 aromatic rings. The third-order valence-corrected chi connectivity index (χ3v) is 5.56. The summed E-state index contributed by atoms with van der Waals surface area (Å²) >= 11 is 0. The monoisotopic (exact) mass is 462 g/mol. The molecule has 1 atom stereocenters. The third-order valence-electron chi connectivity index (χ3n) is 5.56. The van der Waals surface area contributed by atoms with Crippen molar-refractivity contribution in [2.45, 2.75) is 52.5 Å². The second kappa shape index (κ2) is 10.2. The van der Waals surface area contributed by atoms with Crippen LogP contribution in [0.25, 0.3) is 5.69 Å². The molecule has 1 aliphatic carbocycles. The number of aromatic nitrogens is 3. The third kappa shape index (κ3) is 6.43. The fourth-order valence-electron chi connectivity index (χ4n) is 3.17. The highest BCUT2D eigenvalue weighted by molar-refractivity contribution is 5.98. The van der Waals surface area contributed by atoms with Crippen molar-refractivity contribution in [1.29, 1.82) is 0 Å². The number of nitrogens with one attached hydrogen (secondary N) is 1. The SMILES string of the molecule is CC(=NC[C@H](C)N(CC1CC1)C(=O)c1cccc(F)c1-n1nccn1)N/C=C(\C)C(C)(F)F. The van der Waals surface area contributed by atoms with Crippen molar-refractivity contribution >= 4 is 11.7 Å². The van der Waals surface area contributed by atoms with E-state index < -0.39 is 11.7 Å². The summed E-state index contributed by atoms with van der Waals surface area (Å²) in [5.74, 6) is -2.99. The lowest BCUT2D eigenvalue weighted by molar-refractivity contribution is 0.0630. The molecule has 0 bridgehead atoms. The Balaban J connectivity index is 1.79. The highest BCUT2D eigenvalue weighted by Crippen LogP contribution is 2.31. The van der Waals surface area contributed by atoms with Gasteiger partial charge in [-0.25, -0.2) is 13.2 Å². The summed E-state index contributed by atoms with van der Waals surface area (Å²) in [6.07, 6.45) is 6.13. The fourth-order valence-corrected chi connectivity index (χ4v) is 3.17. The molecular weight excluding hydrogens is 433 g/mol. The van der Waals surface area contributed by atoms with Crippen LogP contribution in [0.1, 0.15) is 50.9 Å². The number of rotatable bonds is 9. The van der Waals surface area contributed by atoms with Crippen LogP contribution in [0, 0.1) is 11.7 Å². The van der Waals surface area contributed by atoms with E-state index in [1.807, 2.05) is 6.92 Å². The van der Waals surface area contributed by atoms with Gasteiger partial charge in [0.2, 0.25) is 0 Å². The Morgan fingerprint density at radius 3 is 2.61 bits per heavy atom. The van der Waals surface area contributed by atoms with Crippen molar-refractivity contribution in [3.8, 4) is 5.69 Å². The summed E-state index contributed by atoms with van der Waals surface area (Å²) in [4.78, 5) is 20.7. The molecule has 1 amide bonds. The van der Waals surface area contributed by atoms with Crippen LogP contribution in [0.4, 0.5) is 13.2 Å². The first-order valence-corrected chi connectivity index (χ1v) is 10.9. The number of amides is 1. The standard InChI is InChI=1S/C23H29F3N6O/c1-15(23(4,25)26)12-27-17(3)28-13-16(2)31(14-18-8-9-18)22(33)19-6-5-7-20(24)21(19)32-29-10-11-30-32/h5-7,10-12,16,18H,8-9,13-14H2,1-4H3,(H,27,28)/b15-12+/t16-/m0/s1. The summed E-state index contributed by atoms with van der Waals surface area (Å²) in [6.45, 7) is 6.50. The maximum Gasteiger partial charge on any atom is 0.268 e. The smallest absolute Gasteiger partial charge is 0.268 e. The van der Waals surface area contributed by atoms with Gasteiger partial charge in [-0.05, 0) is 51.7 Å². The molecule has 10 heteroatoms. The van der Waals surface area contributed by atoms with Gasteiger partial charge in [-0.1, -0.05) is 6.07 Å². The predicted molar refractivity (Wildman–Crippen MR) is 120 cm³/mol. The van der Waals surface area contributed by atoms with Gasteiger partial charge >= 0.3 is 0 Å². The lowest BCUT2D eigenvalue weighted by Gasteiger charge is -2.29. The Morgan fingerprint density at radius 2 is 2.00 bits per heavy atom. The van der Waals surface area contributed by atoms with Crippen LogP contribution in [-0.2, 0) is 0 Å². The largest absolute Gasteiger partial charge is 0.351 e. The van der Waals surface area contributed by atoms with E-state index in [1.54, 1.807) is 17.9 Å². The van der Waals surface area contributed by atoms with Gasteiger partial charge in [-0.2, -0.15) is 10.2 Å². The molecule has 0 unspecified atom stereocenters. The number of benzene rings is 1. The number of amidine groups is 1. The summed E-state index contributed by atoms with van der Waals surface area (Å²) in [6, 6.07) is 4.01. The molecule has 1 heterocycles. The molecule has 0 saturated heterocycles. The Hall–Kier alpha value is -3.17. The minimum atomic E-state index is -2.92. The number of halogens is 3. The Labute approximate surface area is 191 Å². The van der Waals surface area contributed by atoms with Crippen molar-refractivity contribution in [1.82, 2.24) is 25.2 Å². The van der Waals surface area contributed by atoms with Gasteiger partial charge in [0.1, 0.15) is 5.69 Å². The molecule has 7 nitrogen and oxygen atoms in total. The molecule has 0 radical (unpaired) electrons. The molecule has 33 heavy (non-hydrogen) atoms. The molecule has 0 spiro atoms. The zero-order chi connectivity index (χ0) is 24.2. The Morgan fingerprint density at radius 1 is 1.33 bits per heavy atom. The molecule has 1 aliphatic rings. The van der Waals surface area contributed by atoms with E-state index in [0.717, 1.165) is 24.6 Å². The number of allylic oxidation sites excluding steroid dienone is 1. The summed E-state index contributed by atoms with van der Waals surface area (Å²) < 4.78 is 41.2. The van der Waals surface area contributed by atoms with Crippen LogP contribution in [-0.4, -0.2) is 56.7 Å². The molecule has 0 aliphatic heterocycles. The number of carbonyl (C=O) groups is 1. The zero-order valence-electron chi connectivity index (χ0n) is 19.2. The number of para-hydroxylation sites is 1. The molecule has 1 saturated carbocycles. The lowest BCUT2D eigenvalue weighted by Crippen LogP contribution is -2.42. The van der Waals surface area contributed by atoms with Crippen LogP contribution in [0.2, 0.25) is 0 Å². The highest BCUT2D eigenvalue weighted by Gasteiger charge is 2.32. The summed E-state index contributed by atoms with van der Waals surface area (Å²) in [5.41, 5.74) is 0.0608. The number of nitrogens with zero attached hydrogens (tertiary/aromatic N) is 5. The van der Waals surface area contributed by atoms with Gasteiger partial charge in [-0.3, -0.25) is 9.79 Å². The van der Waals surface area contributed by atoms with E-state index in [-0.39, 0.29) is 35.3 Å². The second-order valence-electron chi connectivity index (χ2n) is 8.49. The molecule has 3 rings (SSSR count). The maximum atomic E-state index is 14.6. The summed E-state index contributed by atoms with van der Waals surface area (Å²) in [7, 11) is 0. The van der Waals surface area contributed by atoms with E-state index in [9.17, 15) is 18.0 Å². The molecule has 1 N–H and O–H groups in total. The minimum Gasteiger partial charge on any atom is -0.351 e. The van der Waals surface area contributed by atoms with E-state index >= 15 is 0 Å². The van der Waals surface area contributed by atoms with Crippen molar-refractivity contribution in [2.24, 2.45) is 10.9 Å². The van der Waals surface area contributed by atoms with E-state index in [0.29, 0.717) is 18.3 Å². The van der Waals surface area contributed by atoms with Crippen LogP contribution < -0.4 is 5.32 Å². The van der Waals surface area contributed by atoms with Crippen LogP contribution in [0.5, 0.6) is 0 Å². The highest BCUT2D eigenvalue weighted by atomic mass is 19.3. The minimum absolute atomic E-state index is 0.00273. The van der Waals surface area contributed by atoms with Crippen LogP contribution in [0.15, 0.2) is 47.4 Å². The zero-order valence-corrected chi connectivity index (χ0v) is 19.2. The fraction of sp³-hybridized carbons (Fsp3) is 0.478. The number of hydrogen-bond acceptors (Lipinski definition) is 4. The number of aliphatic imine (C=N–C) groups is 1. The van der Waals surface area contributed by atoms with E-state index in [1.165, 1.54) is 37.7 Å². The maximum absolute atomic E-state index is 14.6. The van der Waals surface area contributed by atoms with Gasteiger partial charge in [0.25, 0.3) is 11.8 Å². The van der Waals surface area contributed by atoms with E-state index in [2.05, 4.69) is 20.5 Å². The molecule has 1 aromatic carbocycles. The van der Waals surface area contributed by atoms with Crippen molar-refractivity contribution in [3.05, 3.63) is 53.7 Å². The molecule has 178 valence electrons. The average Bonchev–Trinajstić information content (AvgIpc) is 3.43. The quantitative estimate of drug-likeness (QED) is 0.447. The Kier molecular flexibility index (Phi) is 7.55. The number of alkyl halides is 2. The van der Waals surface area contributed by atoms with Gasteiger partial charge in [0.05, 0.1) is 30.3 Å². The first kappa shape index (κ1) is 24.5. The van der Waals surface area contributed by atoms with Crippen molar-refractivity contribution < 1.29 is 18.0 Å². The normalized spacial score (nSPS) is 16.0. The first-order valence-electron chi connectivity index (χ1n) is 10.9. The molecule has 1 fully saturated rings. The van der Waals surface area contributed by atoms with Gasteiger partial charge in [0, 0.05) is 31.3 Å². The number of hydrogen-bond donors (Lipinski definition) is 1. The first-order chi connectivity index (χ1) is 15.6. The van der Waals surface area contributed by atoms with Crippen LogP contribution in [0.3, 0.4) is 0 Å². The van der Waals surface area contributed by atoms with E-state index in [4.69, 9.17) is 0 Å². The average molecular weight is 463 g/mol. The predicted octanol–water partition coefficient (Wildman–Crippen LogP) is 4.21. The molecular formula is C23H29F3N6O. The second-order valence-corrected chi connectivity index (χ2v) is 8.49. The van der Waals surface area contributed by atoms with Crippen LogP contribution >= 0.6 is 0 Å². The van der Waals surface area contributed by atoms with Crippen molar-refractivity contribution in [2.75, 3.05) is 13.1 Å². The summed E-state index contributed by atoms with van der Waals surface area (Å²) in [5, 5.41) is 10.7.